The molecule has 0 fully saturated rings. The summed E-state index contributed by atoms with van der Waals surface area (Å²) in [5, 5.41) is 9.79. The van der Waals surface area contributed by atoms with E-state index in [1.54, 1.807) is 36.6 Å². The van der Waals surface area contributed by atoms with Gasteiger partial charge in [-0.25, -0.2) is 0 Å². The molecule has 1 atom stereocenters. The minimum absolute atomic E-state index is 0.395. The molecule has 0 bridgehead atoms. The summed E-state index contributed by atoms with van der Waals surface area (Å²) in [4.78, 5) is 11.3. The number of benzene rings is 1. The van der Waals surface area contributed by atoms with Gasteiger partial charge >= 0.3 is 5.97 Å². The van der Waals surface area contributed by atoms with Gasteiger partial charge < -0.3 is 9.52 Å². The molecule has 1 heterocycles. The number of furan rings is 1. The van der Waals surface area contributed by atoms with E-state index in [2.05, 4.69) is 0 Å². The van der Waals surface area contributed by atoms with Crippen LogP contribution in [0.5, 0.6) is 0 Å². The van der Waals surface area contributed by atoms with E-state index in [1.807, 2.05) is 0 Å². The van der Waals surface area contributed by atoms with Gasteiger partial charge in [-0.2, -0.15) is 0 Å². The minimum atomic E-state index is -0.867. The lowest BCUT2D eigenvalue weighted by Crippen LogP contribution is -2.14. The topological polar surface area (TPSA) is 50.4 Å². The van der Waals surface area contributed by atoms with Gasteiger partial charge in [-0.1, -0.05) is 23.7 Å². The van der Waals surface area contributed by atoms with Gasteiger partial charge in [-0.15, -0.1) is 0 Å². The van der Waals surface area contributed by atoms with Crippen molar-refractivity contribution in [2.45, 2.75) is 12.3 Å². The SMILES string of the molecule is O=C(O)C(Cc1ccoc1)c1cccc(Cl)c1. The maximum absolute atomic E-state index is 11.3. The lowest BCUT2D eigenvalue weighted by Gasteiger charge is -2.11. The standard InChI is InChI=1S/C13H11ClO3/c14-11-3-1-2-10(7-11)12(13(15)16)6-9-4-5-17-8-9/h1-5,7-8,12H,6H2,(H,15,16). The molecule has 0 aliphatic carbocycles. The third-order valence-corrected chi connectivity index (χ3v) is 2.80. The smallest absolute Gasteiger partial charge is 0.311 e. The molecule has 2 aromatic rings. The van der Waals surface area contributed by atoms with Crippen molar-refractivity contribution >= 4 is 17.6 Å². The molecule has 1 aromatic heterocycles. The summed E-state index contributed by atoms with van der Waals surface area (Å²) in [6, 6.07) is 8.69. The highest BCUT2D eigenvalue weighted by Crippen LogP contribution is 2.24. The summed E-state index contributed by atoms with van der Waals surface area (Å²) in [6.07, 6.45) is 3.48. The van der Waals surface area contributed by atoms with E-state index in [4.69, 9.17) is 16.0 Å². The van der Waals surface area contributed by atoms with Crippen molar-refractivity contribution in [3.05, 3.63) is 59.0 Å². The highest BCUT2D eigenvalue weighted by atomic mass is 35.5. The zero-order chi connectivity index (χ0) is 12.3. The van der Waals surface area contributed by atoms with Gasteiger partial charge in [0.15, 0.2) is 0 Å². The summed E-state index contributed by atoms with van der Waals surface area (Å²) < 4.78 is 4.94. The number of hydrogen-bond acceptors (Lipinski definition) is 2. The van der Waals surface area contributed by atoms with E-state index >= 15 is 0 Å². The lowest BCUT2D eigenvalue weighted by molar-refractivity contribution is -0.138. The summed E-state index contributed by atoms with van der Waals surface area (Å²) in [5.41, 5.74) is 1.56. The van der Waals surface area contributed by atoms with Crippen LogP contribution in [0, 0.1) is 0 Å². The first-order valence-corrected chi connectivity index (χ1v) is 5.54. The average molecular weight is 251 g/mol. The Balaban J connectivity index is 2.26. The fourth-order valence-electron chi connectivity index (χ4n) is 1.72. The number of carbonyl (C=O) groups is 1. The Hall–Kier alpha value is -1.74. The van der Waals surface area contributed by atoms with E-state index in [1.165, 1.54) is 6.26 Å². The molecule has 0 spiro atoms. The third-order valence-electron chi connectivity index (χ3n) is 2.57. The molecule has 1 unspecified atom stereocenters. The van der Waals surface area contributed by atoms with Gasteiger partial charge in [-0.05, 0) is 35.7 Å². The van der Waals surface area contributed by atoms with E-state index in [0.29, 0.717) is 17.0 Å². The van der Waals surface area contributed by atoms with Crippen molar-refractivity contribution < 1.29 is 14.3 Å². The van der Waals surface area contributed by atoms with Gasteiger partial charge in [0, 0.05) is 5.02 Å². The molecule has 4 heteroatoms. The molecule has 0 radical (unpaired) electrons. The molecule has 1 aromatic carbocycles. The van der Waals surface area contributed by atoms with Crippen LogP contribution in [0.25, 0.3) is 0 Å². The quantitative estimate of drug-likeness (QED) is 0.905. The first-order chi connectivity index (χ1) is 8.16. The molecule has 0 aliphatic rings. The summed E-state index contributed by atoms with van der Waals surface area (Å²) >= 11 is 5.86. The van der Waals surface area contributed by atoms with Crippen LogP contribution < -0.4 is 0 Å². The zero-order valence-electron chi connectivity index (χ0n) is 8.97. The number of halogens is 1. The lowest BCUT2D eigenvalue weighted by atomic mass is 9.93. The monoisotopic (exact) mass is 250 g/mol. The summed E-state index contributed by atoms with van der Waals surface area (Å²) in [6.45, 7) is 0. The zero-order valence-corrected chi connectivity index (χ0v) is 9.72. The van der Waals surface area contributed by atoms with Crippen LogP contribution in [0.3, 0.4) is 0 Å². The Morgan fingerprint density at radius 1 is 1.41 bits per heavy atom. The van der Waals surface area contributed by atoms with Crippen LogP contribution in [0.1, 0.15) is 17.0 Å². The van der Waals surface area contributed by atoms with Crippen molar-refractivity contribution in [1.82, 2.24) is 0 Å². The molecule has 88 valence electrons. The van der Waals surface area contributed by atoms with Crippen molar-refractivity contribution in [2.24, 2.45) is 0 Å². The average Bonchev–Trinajstić information content (AvgIpc) is 2.78. The molecule has 0 amide bonds. The molecule has 17 heavy (non-hydrogen) atoms. The molecule has 0 saturated heterocycles. The van der Waals surface area contributed by atoms with E-state index in [-0.39, 0.29) is 0 Å². The van der Waals surface area contributed by atoms with Crippen LogP contribution in [0.15, 0.2) is 47.3 Å². The van der Waals surface area contributed by atoms with Crippen molar-refractivity contribution in [3.63, 3.8) is 0 Å². The Morgan fingerprint density at radius 3 is 2.82 bits per heavy atom. The fraction of sp³-hybridized carbons (Fsp3) is 0.154. The van der Waals surface area contributed by atoms with Crippen LogP contribution in [0.4, 0.5) is 0 Å². The van der Waals surface area contributed by atoms with E-state index in [0.717, 1.165) is 5.56 Å². The highest BCUT2D eigenvalue weighted by molar-refractivity contribution is 6.30. The number of hydrogen-bond donors (Lipinski definition) is 1. The van der Waals surface area contributed by atoms with Gasteiger partial charge in [0.1, 0.15) is 0 Å². The van der Waals surface area contributed by atoms with Gasteiger partial charge in [0.05, 0.1) is 18.4 Å². The maximum Gasteiger partial charge on any atom is 0.311 e. The van der Waals surface area contributed by atoms with Crippen LogP contribution in [-0.4, -0.2) is 11.1 Å². The van der Waals surface area contributed by atoms with Crippen LogP contribution in [0.2, 0.25) is 5.02 Å². The molecular weight excluding hydrogens is 240 g/mol. The molecule has 0 saturated carbocycles. The molecule has 3 nitrogen and oxygen atoms in total. The van der Waals surface area contributed by atoms with Gasteiger partial charge in [0.25, 0.3) is 0 Å². The number of carboxylic acids is 1. The Labute approximate surface area is 104 Å². The molecule has 0 aliphatic heterocycles. The van der Waals surface area contributed by atoms with Crippen LogP contribution >= 0.6 is 11.6 Å². The number of aliphatic carboxylic acids is 1. The van der Waals surface area contributed by atoms with Crippen LogP contribution in [-0.2, 0) is 11.2 Å². The van der Waals surface area contributed by atoms with E-state index < -0.39 is 11.9 Å². The van der Waals surface area contributed by atoms with Gasteiger partial charge in [-0.3, -0.25) is 4.79 Å². The predicted octanol–water partition coefficient (Wildman–Crippen LogP) is 3.34. The normalized spacial score (nSPS) is 12.3. The second kappa shape index (κ2) is 5.06. The second-order valence-corrected chi connectivity index (χ2v) is 4.22. The maximum atomic E-state index is 11.3. The molecule has 2 rings (SSSR count). The number of carboxylic acid groups (broad SMARTS) is 1. The molecule has 1 N–H and O–H groups in total. The largest absolute Gasteiger partial charge is 0.481 e. The highest BCUT2D eigenvalue weighted by Gasteiger charge is 2.20. The Morgan fingerprint density at radius 2 is 2.24 bits per heavy atom. The number of rotatable bonds is 4. The van der Waals surface area contributed by atoms with Crippen molar-refractivity contribution in [1.29, 1.82) is 0 Å². The first-order valence-electron chi connectivity index (χ1n) is 5.16. The first kappa shape index (κ1) is 11.7. The Kier molecular flexibility index (Phi) is 3.49. The van der Waals surface area contributed by atoms with Gasteiger partial charge in [0.2, 0.25) is 0 Å². The van der Waals surface area contributed by atoms with E-state index in [9.17, 15) is 9.90 Å². The molecular formula is C13H11ClO3. The fourth-order valence-corrected chi connectivity index (χ4v) is 1.91. The predicted molar refractivity (Wildman–Crippen MR) is 64.2 cm³/mol. The van der Waals surface area contributed by atoms with Crippen molar-refractivity contribution in [2.75, 3.05) is 0 Å². The summed E-state index contributed by atoms with van der Waals surface area (Å²) in [7, 11) is 0. The summed E-state index contributed by atoms with van der Waals surface area (Å²) in [5.74, 6) is -1.47. The Bertz CT molecular complexity index is 505. The second-order valence-electron chi connectivity index (χ2n) is 3.78. The minimum Gasteiger partial charge on any atom is -0.481 e. The van der Waals surface area contributed by atoms with Crippen molar-refractivity contribution in [3.8, 4) is 0 Å². The third kappa shape index (κ3) is 2.88.